The third kappa shape index (κ3) is 3.72. The van der Waals surface area contributed by atoms with Crippen molar-refractivity contribution in [2.75, 3.05) is 0 Å². The Kier molecular flexibility index (Phi) is 4.62. The normalized spacial score (nSPS) is 18.1. The summed E-state index contributed by atoms with van der Waals surface area (Å²) in [6, 6.07) is 23.3. The van der Waals surface area contributed by atoms with Crippen LogP contribution in [0.2, 0.25) is 0 Å². The lowest BCUT2D eigenvalue weighted by Gasteiger charge is -2.28. The van der Waals surface area contributed by atoms with Crippen LogP contribution in [0.1, 0.15) is 19.4 Å². The number of carbonyl (C=O) groups is 1. The number of para-hydroxylation sites is 2. The van der Waals surface area contributed by atoms with E-state index in [-0.39, 0.29) is 5.97 Å². The molecule has 6 nitrogen and oxygen atoms in total. The van der Waals surface area contributed by atoms with Gasteiger partial charge in [0.25, 0.3) is 0 Å². The van der Waals surface area contributed by atoms with Crippen LogP contribution in [0.4, 0.5) is 0 Å². The molecule has 3 aromatic carbocycles. The molecule has 0 fully saturated rings. The van der Waals surface area contributed by atoms with E-state index in [0.29, 0.717) is 12.3 Å². The topological polar surface area (TPSA) is 77.0 Å². The van der Waals surface area contributed by atoms with Crippen molar-refractivity contribution in [2.45, 2.75) is 32.0 Å². The van der Waals surface area contributed by atoms with Crippen molar-refractivity contribution in [1.29, 1.82) is 0 Å². The monoisotopic (exact) mass is 411 g/mol. The highest BCUT2D eigenvalue weighted by Crippen LogP contribution is 2.26. The molecule has 4 aromatic rings. The summed E-state index contributed by atoms with van der Waals surface area (Å²) >= 11 is 0. The SMILES string of the molecule is CC(=O)OC(Cc1ccccc1)C1(C)N=c2ccc(-c3nc4ccccc4o3)cc2=N1. The number of nitrogens with zero attached hydrogens (tertiary/aromatic N) is 3. The van der Waals surface area contributed by atoms with Gasteiger partial charge >= 0.3 is 5.97 Å². The van der Waals surface area contributed by atoms with Crippen molar-refractivity contribution in [3.8, 4) is 11.5 Å². The second-order valence-corrected chi connectivity index (χ2v) is 7.80. The maximum Gasteiger partial charge on any atom is 0.303 e. The molecule has 0 saturated heterocycles. The van der Waals surface area contributed by atoms with Crippen molar-refractivity contribution in [1.82, 2.24) is 4.98 Å². The quantitative estimate of drug-likeness (QED) is 0.470. The van der Waals surface area contributed by atoms with E-state index < -0.39 is 11.8 Å². The highest BCUT2D eigenvalue weighted by atomic mass is 16.5. The Bertz CT molecular complexity index is 1360. The second kappa shape index (κ2) is 7.47. The first kappa shape index (κ1) is 19.2. The van der Waals surface area contributed by atoms with E-state index in [4.69, 9.17) is 19.1 Å². The lowest BCUT2D eigenvalue weighted by Crippen LogP contribution is -2.40. The largest absolute Gasteiger partial charge is 0.458 e. The molecule has 2 atom stereocenters. The fraction of sp³-hybridized carbons (Fsp3) is 0.200. The highest BCUT2D eigenvalue weighted by molar-refractivity contribution is 5.75. The zero-order valence-electron chi connectivity index (χ0n) is 17.3. The number of benzene rings is 3. The minimum Gasteiger partial charge on any atom is -0.458 e. The molecule has 31 heavy (non-hydrogen) atoms. The van der Waals surface area contributed by atoms with Crippen LogP contribution in [-0.2, 0) is 16.0 Å². The molecule has 2 unspecified atom stereocenters. The number of aromatic nitrogens is 1. The van der Waals surface area contributed by atoms with E-state index in [9.17, 15) is 4.79 Å². The third-order valence-corrected chi connectivity index (χ3v) is 5.39. The number of ether oxygens (including phenoxy) is 1. The minimum atomic E-state index is -0.913. The molecular weight excluding hydrogens is 390 g/mol. The predicted molar refractivity (Wildman–Crippen MR) is 116 cm³/mol. The summed E-state index contributed by atoms with van der Waals surface area (Å²) < 4.78 is 11.6. The number of rotatable bonds is 5. The summed E-state index contributed by atoms with van der Waals surface area (Å²) in [6.07, 6.45) is 0.00294. The van der Waals surface area contributed by atoms with Crippen molar-refractivity contribution >= 4 is 17.1 Å². The van der Waals surface area contributed by atoms with Gasteiger partial charge in [0.1, 0.15) is 5.52 Å². The van der Waals surface area contributed by atoms with Gasteiger partial charge in [-0.1, -0.05) is 42.5 Å². The number of carbonyl (C=O) groups excluding carboxylic acids is 1. The van der Waals surface area contributed by atoms with Crippen LogP contribution in [0, 0.1) is 0 Å². The molecule has 1 aliphatic heterocycles. The number of esters is 1. The van der Waals surface area contributed by atoms with Crippen molar-refractivity contribution in [3.63, 3.8) is 0 Å². The van der Waals surface area contributed by atoms with E-state index in [1.165, 1.54) is 6.92 Å². The van der Waals surface area contributed by atoms with Gasteiger partial charge < -0.3 is 9.15 Å². The van der Waals surface area contributed by atoms with Gasteiger partial charge in [0, 0.05) is 18.9 Å². The summed E-state index contributed by atoms with van der Waals surface area (Å²) in [4.78, 5) is 26.1. The molecule has 0 aliphatic carbocycles. The molecule has 1 aliphatic rings. The van der Waals surface area contributed by atoms with Crippen LogP contribution < -0.4 is 10.7 Å². The lowest BCUT2D eigenvalue weighted by molar-refractivity contribution is -0.149. The molecule has 154 valence electrons. The summed E-state index contributed by atoms with van der Waals surface area (Å²) in [5, 5.41) is 1.49. The highest BCUT2D eigenvalue weighted by Gasteiger charge is 2.38. The summed E-state index contributed by atoms with van der Waals surface area (Å²) in [5.41, 5.74) is 2.52. The molecule has 0 N–H and O–H groups in total. The zero-order chi connectivity index (χ0) is 21.4. The average Bonchev–Trinajstić information content (AvgIpc) is 3.34. The lowest BCUT2D eigenvalue weighted by atomic mass is 9.98. The Morgan fingerprint density at radius 2 is 1.74 bits per heavy atom. The molecule has 0 amide bonds. The molecule has 2 heterocycles. The first-order valence-electron chi connectivity index (χ1n) is 10.2. The predicted octanol–water partition coefficient (Wildman–Crippen LogP) is 3.64. The van der Waals surface area contributed by atoms with Crippen LogP contribution in [0.5, 0.6) is 0 Å². The summed E-state index contributed by atoms with van der Waals surface area (Å²) in [5.74, 6) is 0.185. The Morgan fingerprint density at radius 3 is 2.52 bits per heavy atom. The van der Waals surface area contributed by atoms with Gasteiger partial charge in [0.15, 0.2) is 17.3 Å². The van der Waals surface area contributed by atoms with Crippen LogP contribution in [0.15, 0.2) is 87.2 Å². The second-order valence-electron chi connectivity index (χ2n) is 7.80. The molecule has 1 aromatic heterocycles. The van der Waals surface area contributed by atoms with Gasteiger partial charge in [-0.2, -0.15) is 0 Å². The minimum absolute atomic E-state index is 0.351. The fourth-order valence-electron chi connectivity index (χ4n) is 3.87. The molecule has 0 bridgehead atoms. The van der Waals surface area contributed by atoms with Gasteiger partial charge in [-0.25, -0.2) is 15.0 Å². The fourth-order valence-corrected chi connectivity index (χ4v) is 3.87. The van der Waals surface area contributed by atoms with Crippen LogP contribution in [0.25, 0.3) is 22.6 Å². The molecular formula is C25H21N3O3. The number of hydrogen-bond acceptors (Lipinski definition) is 6. The van der Waals surface area contributed by atoms with Crippen LogP contribution >= 0.6 is 0 Å². The maximum absolute atomic E-state index is 11.8. The first-order chi connectivity index (χ1) is 15.0. The zero-order valence-corrected chi connectivity index (χ0v) is 17.3. The third-order valence-electron chi connectivity index (χ3n) is 5.39. The van der Waals surface area contributed by atoms with Gasteiger partial charge in [0.05, 0.1) is 10.7 Å². The summed E-state index contributed by atoms with van der Waals surface area (Å²) in [6.45, 7) is 3.30. The standard InChI is InChI=1S/C25H21N3O3/c1-16(29)30-23(14-17-8-4-3-5-9-17)25(2)27-19-13-12-18(15-21(19)28-25)24-26-20-10-6-7-11-22(20)31-24/h3-13,15,23H,14H2,1-2H3. The van der Waals surface area contributed by atoms with E-state index in [1.54, 1.807) is 0 Å². The van der Waals surface area contributed by atoms with Gasteiger partial charge in [-0.15, -0.1) is 0 Å². The van der Waals surface area contributed by atoms with Crippen LogP contribution in [-0.4, -0.2) is 22.7 Å². The number of fused-ring (bicyclic) bond motifs is 2. The van der Waals surface area contributed by atoms with Crippen LogP contribution in [0.3, 0.4) is 0 Å². The van der Waals surface area contributed by atoms with Gasteiger partial charge in [0.2, 0.25) is 5.89 Å². The van der Waals surface area contributed by atoms with Gasteiger partial charge in [-0.3, -0.25) is 4.79 Å². The molecule has 6 heteroatoms. The van der Waals surface area contributed by atoms with E-state index in [2.05, 4.69) is 4.98 Å². The summed E-state index contributed by atoms with van der Waals surface area (Å²) in [7, 11) is 0. The van der Waals surface area contributed by atoms with Crippen molar-refractivity contribution < 1.29 is 13.9 Å². The first-order valence-corrected chi connectivity index (χ1v) is 10.2. The maximum atomic E-state index is 11.8. The number of hydrogen-bond donors (Lipinski definition) is 0. The molecule has 5 rings (SSSR count). The van der Waals surface area contributed by atoms with E-state index in [1.807, 2.05) is 79.7 Å². The van der Waals surface area contributed by atoms with E-state index >= 15 is 0 Å². The number of oxazole rings is 1. The van der Waals surface area contributed by atoms with Gasteiger partial charge in [-0.05, 0) is 42.8 Å². The Balaban J connectivity index is 1.52. The molecule has 0 spiro atoms. The average molecular weight is 411 g/mol. The van der Waals surface area contributed by atoms with E-state index in [0.717, 1.165) is 32.9 Å². The Hall–Kier alpha value is -3.80. The molecule has 0 saturated carbocycles. The van der Waals surface area contributed by atoms with Crippen molar-refractivity contribution in [2.24, 2.45) is 9.98 Å². The smallest absolute Gasteiger partial charge is 0.303 e. The Labute approximate surface area is 178 Å². The Morgan fingerprint density at radius 1 is 1.00 bits per heavy atom. The molecule has 0 radical (unpaired) electrons. The van der Waals surface area contributed by atoms with Crippen molar-refractivity contribution in [3.05, 3.63) is 89.1 Å².